The quantitative estimate of drug-likeness (QED) is 0.821. The van der Waals surface area contributed by atoms with E-state index in [-0.39, 0.29) is 12.5 Å². The van der Waals surface area contributed by atoms with E-state index in [4.69, 9.17) is 4.52 Å². The summed E-state index contributed by atoms with van der Waals surface area (Å²) in [6.07, 6.45) is 0. The lowest BCUT2D eigenvalue weighted by molar-refractivity contribution is -0.114. The molecule has 0 aliphatic heterocycles. The minimum Gasteiger partial charge on any atom is -0.376 e. The van der Waals surface area contributed by atoms with E-state index < -0.39 is 0 Å². The number of amides is 1. The zero-order chi connectivity index (χ0) is 16.8. The zero-order valence-electron chi connectivity index (χ0n) is 14.1. The van der Waals surface area contributed by atoms with Crippen LogP contribution >= 0.6 is 0 Å². The van der Waals surface area contributed by atoms with Gasteiger partial charge in [0.2, 0.25) is 5.91 Å². The van der Waals surface area contributed by atoms with Gasteiger partial charge >= 0.3 is 0 Å². The first-order valence-electron chi connectivity index (χ1n) is 7.86. The van der Waals surface area contributed by atoms with E-state index in [9.17, 15) is 4.79 Å². The van der Waals surface area contributed by atoms with Crippen LogP contribution in [-0.2, 0) is 4.79 Å². The fraction of sp³-hybridized carbons (Fsp3) is 0.412. The summed E-state index contributed by atoms with van der Waals surface area (Å²) in [5, 5.41) is 9.58. The van der Waals surface area contributed by atoms with E-state index in [1.165, 1.54) is 5.69 Å². The van der Waals surface area contributed by atoms with Crippen molar-refractivity contribution in [1.29, 1.82) is 0 Å². The molecule has 0 aliphatic carbocycles. The topological polar surface area (TPSA) is 70.4 Å². The second-order valence-electron chi connectivity index (χ2n) is 5.40. The molecule has 0 bridgehead atoms. The van der Waals surface area contributed by atoms with Crippen LogP contribution < -0.4 is 15.5 Å². The number of hydrogen-bond acceptors (Lipinski definition) is 5. The van der Waals surface area contributed by atoms with Crippen LogP contribution in [0, 0.1) is 13.8 Å². The Morgan fingerprint density at radius 3 is 2.52 bits per heavy atom. The molecular formula is C17H24N4O2. The Labute approximate surface area is 136 Å². The molecule has 2 aromatic rings. The van der Waals surface area contributed by atoms with Gasteiger partial charge in [0.15, 0.2) is 5.82 Å². The van der Waals surface area contributed by atoms with Crippen molar-refractivity contribution in [2.75, 3.05) is 35.2 Å². The van der Waals surface area contributed by atoms with E-state index in [1.54, 1.807) is 13.0 Å². The smallest absolute Gasteiger partial charge is 0.244 e. The highest BCUT2D eigenvalue weighted by molar-refractivity contribution is 5.93. The van der Waals surface area contributed by atoms with Crippen molar-refractivity contribution in [3.05, 3.63) is 35.6 Å². The number of nitrogens with zero attached hydrogens (tertiary/aromatic N) is 2. The van der Waals surface area contributed by atoms with Gasteiger partial charge in [0.25, 0.3) is 0 Å². The predicted molar refractivity (Wildman–Crippen MR) is 93.1 cm³/mol. The molecular weight excluding hydrogens is 292 g/mol. The first kappa shape index (κ1) is 16.9. The first-order chi connectivity index (χ1) is 11.0. The summed E-state index contributed by atoms with van der Waals surface area (Å²) in [7, 11) is 0. The molecule has 1 amide bonds. The second kappa shape index (κ2) is 7.67. The van der Waals surface area contributed by atoms with Gasteiger partial charge in [-0.1, -0.05) is 5.16 Å². The maximum absolute atomic E-state index is 11.9. The SMILES string of the molecule is CCN(CC)c1ccc(NCC(=O)Nc2cc(C)on2)c(C)c1. The number of aryl methyl sites for hydroxylation is 2. The molecule has 6 nitrogen and oxygen atoms in total. The molecule has 0 fully saturated rings. The minimum atomic E-state index is -0.162. The van der Waals surface area contributed by atoms with Gasteiger partial charge < -0.3 is 20.1 Å². The highest BCUT2D eigenvalue weighted by Gasteiger charge is 2.08. The predicted octanol–water partition coefficient (Wildman–Crippen LogP) is 3.19. The van der Waals surface area contributed by atoms with E-state index in [2.05, 4.69) is 46.7 Å². The van der Waals surface area contributed by atoms with Crippen molar-refractivity contribution in [3.63, 3.8) is 0 Å². The fourth-order valence-corrected chi connectivity index (χ4v) is 2.42. The van der Waals surface area contributed by atoms with Gasteiger partial charge in [0, 0.05) is 30.5 Å². The molecule has 0 aliphatic rings. The molecule has 0 saturated heterocycles. The third kappa shape index (κ3) is 4.48. The summed E-state index contributed by atoms with van der Waals surface area (Å²) in [6.45, 7) is 10.2. The minimum absolute atomic E-state index is 0.162. The largest absolute Gasteiger partial charge is 0.376 e. The highest BCUT2D eigenvalue weighted by atomic mass is 16.5. The first-order valence-corrected chi connectivity index (χ1v) is 7.86. The lowest BCUT2D eigenvalue weighted by atomic mass is 10.1. The molecule has 0 radical (unpaired) electrons. The van der Waals surface area contributed by atoms with Gasteiger partial charge in [-0.3, -0.25) is 4.79 Å². The maximum atomic E-state index is 11.9. The Bertz CT molecular complexity index is 662. The van der Waals surface area contributed by atoms with Crippen LogP contribution in [0.2, 0.25) is 0 Å². The molecule has 124 valence electrons. The Balaban J connectivity index is 1.93. The van der Waals surface area contributed by atoms with Crippen molar-refractivity contribution in [3.8, 4) is 0 Å². The molecule has 2 rings (SSSR count). The number of anilines is 3. The third-order valence-corrected chi connectivity index (χ3v) is 3.67. The molecule has 0 saturated carbocycles. The summed E-state index contributed by atoms with van der Waals surface area (Å²) in [4.78, 5) is 14.2. The van der Waals surface area contributed by atoms with Gasteiger partial charge in [0.05, 0.1) is 6.54 Å². The van der Waals surface area contributed by atoms with Crippen LogP contribution in [0.5, 0.6) is 0 Å². The lowest BCUT2D eigenvalue weighted by Crippen LogP contribution is -2.23. The number of carbonyl (C=O) groups is 1. The maximum Gasteiger partial charge on any atom is 0.244 e. The van der Waals surface area contributed by atoms with Crippen LogP contribution in [0.3, 0.4) is 0 Å². The van der Waals surface area contributed by atoms with Crippen LogP contribution in [0.15, 0.2) is 28.8 Å². The van der Waals surface area contributed by atoms with Crippen molar-refractivity contribution < 1.29 is 9.32 Å². The summed E-state index contributed by atoms with van der Waals surface area (Å²) in [5.41, 5.74) is 3.26. The Hall–Kier alpha value is -2.50. The van der Waals surface area contributed by atoms with Crippen LogP contribution in [0.4, 0.5) is 17.2 Å². The molecule has 0 unspecified atom stereocenters. The molecule has 2 N–H and O–H groups in total. The number of carbonyl (C=O) groups excluding carboxylic acids is 1. The van der Waals surface area contributed by atoms with Crippen molar-refractivity contribution in [2.45, 2.75) is 27.7 Å². The fourth-order valence-electron chi connectivity index (χ4n) is 2.42. The highest BCUT2D eigenvalue weighted by Crippen LogP contribution is 2.22. The lowest BCUT2D eigenvalue weighted by Gasteiger charge is -2.22. The van der Waals surface area contributed by atoms with Crippen LogP contribution in [0.1, 0.15) is 25.2 Å². The number of rotatable bonds is 7. The average Bonchev–Trinajstić information content (AvgIpc) is 2.92. The van der Waals surface area contributed by atoms with Gasteiger partial charge in [-0.15, -0.1) is 0 Å². The third-order valence-electron chi connectivity index (χ3n) is 3.67. The van der Waals surface area contributed by atoms with Crippen molar-refractivity contribution >= 4 is 23.1 Å². The van der Waals surface area contributed by atoms with Crippen LogP contribution in [-0.4, -0.2) is 30.7 Å². The van der Waals surface area contributed by atoms with Gasteiger partial charge in [-0.2, -0.15) is 0 Å². The molecule has 1 aromatic carbocycles. The summed E-state index contributed by atoms with van der Waals surface area (Å²) in [6, 6.07) is 7.90. The van der Waals surface area contributed by atoms with E-state index in [0.29, 0.717) is 11.6 Å². The Kier molecular flexibility index (Phi) is 5.62. The molecule has 1 aromatic heterocycles. The summed E-state index contributed by atoms with van der Waals surface area (Å²) < 4.78 is 4.91. The normalized spacial score (nSPS) is 10.4. The molecule has 0 atom stereocenters. The number of aromatic nitrogens is 1. The average molecular weight is 316 g/mol. The monoisotopic (exact) mass is 316 g/mol. The number of nitrogens with one attached hydrogen (secondary N) is 2. The van der Waals surface area contributed by atoms with Crippen LogP contribution in [0.25, 0.3) is 0 Å². The molecule has 0 spiro atoms. The van der Waals surface area contributed by atoms with E-state index in [1.807, 2.05) is 13.0 Å². The van der Waals surface area contributed by atoms with Gasteiger partial charge in [-0.25, -0.2) is 0 Å². The molecule has 6 heteroatoms. The van der Waals surface area contributed by atoms with Crippen molar-refractivity contribution in [2.24, 2.45) is 0 Å². The number of benzene rings is 1. The number of hydrogen-bond donors (Lipinski definition) is 2. The molecule has 1 heterocycles. The van der Waals surface area contributed by atoms with E-state index in [0.717, 1.165) is 24.3 Å². The van der Waals surface area contributed by atoms with Crippen molar-refractivity contribution in [1.82, 2.24) is 5.16 Å². The molecule has 23 heavy (non-hydrogen) atoms. The standard InChI is InChI=1S/C17H24N4O2/c1-5-21(6-2)14-7-8-15(12(3)9-14)18-11-17(22)19-16-10-13(4)23-20-16/h7-10,18H,5-6,11H2,1-4H3,(H,19,20,22). The van der Waals surface area contributed by atoms with Gasteiger partial charge in [0.1, 0.15) is 5.76 Å². The summed E-state index contributed by atoms with van der Waals surface area (Å²) in [5.74, 6) is 0.935. The Morgan fingerprint density at radius 1 is 1.22 bits per heavy atom. The van der Waals surface area contributed by atoms with E-state index >= 15 is 0 Å². The Morgan fingerprint density at radius 2 is 1.96 bits per heavy atom. The summed E-state index contributed by atoms with van der Waals surface area (Å²) >= 11 is 0. The van der Waals surface area contributed by atoms with Gasteiger partial charge in [-0.05, 0) is 51.5 Å². The second-order valence-corrected chi connectivity index (χ2v) is 5.40. The zero-order valence-corrected chi connectivity index (χ0v) is 14.1.